The van der Waals surface area contributed by atoms with Crippen molar-refractivity contribution in [2.24, 2.45) is 11.3 Å². The highest BCUT2D eigenvalue weighted by Crippen LogP contribution is 2.30. The molecule has 0 saturated carbocycles. The van der Waals surface area contributed by atoms with Gasteiger partial charge in [0.2, 0.25) is 0 Å². The minimum absolute atomic E-state index is 0.00728. The maximum Gasteiger partial charge on any atom is 0.293 e. The third-order valence-corrected chi connectivity index (χ3v) is 3.98. The molecule has 21 heavy (non-hydrogen) atoms. The molecule has 0 radical (unpaired) electrons. The van der Waals surface area contributed by atoms with Crippen molar-refractivity contribution in [2.45, 2.75) is 27.7 Å². The lowest BCUT2D eigenvalue weighted by Crippen LogP contribution is -2.28. The van der Waals surface area contributed by atoms with E-state index in [1.165, 1.54) is 13.1 Å². The number of amides is 1. The quantitative estimate of drug-likeness (QED) is 0.623. The molecule has 1 aromatic rings. The van der Waals surface area contributed by atoms with Crippen molar-refractivity contribution in [2.75, 3.05) is 18.9 Å². The fraction of sp³-hybridized carbons (Fsp3) is 0.533. The number of nitro groups is 1. The van der Waals surface area contributed by atoms with E-state index in [0.29, 0.717) is 18.2 Å². The van der Waals surface area contributed by atoms with Gasteiger partial charge in [-0.15, -0.1) is 0 Å². The second kappa shape index (κ2) is 6.56. The predicted octanol–water partition coefficient (Wildman–Crippen LogP) is 3.05. The van der Waals surface area contributed by atoms with E-state index in [0.717, 1.165) is 0 Å². The molecule has 0 unspecified atom stereocenters. The number of anilines is 1. The Morgan fingerprint density at radius 1 is 1.38 bits per heavy atom. The van der Waals surface area contributed by atoms with Gasteiger partial charge in [-0.25, -0.2) is 0 Å². The van der Waals surface area contributed by atoms with Crippen molar-refractivity contribution in [3.63, 3.8) is 0 Å². The van der Waals surface area contributed by atoms with E-state index in [1.807, 2.05) is 0 Å². The topological polar surface area (TPSA) is 84.3 Å². The summed E-state index contributed by atoms with van der Waals surface area (Å²) in [6.07, 6.45) is 0. The van der Waals surface area contributed by atoms with Crippen LogP contribution in [0.1, 0.15) is 38.1 Å². The van der Waals surface area contributed by atoms with Crippen LogP contribution in [-0.4, -0.2) is 24.4 Å². The summed E-state index contributed by atoms with van der Waals surface area (Å²) < 4.78 is 0. The molecule has 6 nitrogen and oxygen atoms in total. The van der Waals surface area contributed by atoms with Gasteiger partial charge in [0.15, 0.2) is 0 Å². The number of hydrogen-bond donors (Lipinski definition) is 2. The fourth-order valence-corrected chi connectivity index (χ4v) is 1.64. The monoisotopic (exact) mass is 293 g/mol. The standard InChI is InChI=1S/C15H23N3O3/c1-10(2)15(3,4)9-17-12-7-6-11(14(19)16-5)8-13(12)18(20)21/h6-8,10,17H,9H2,1-5H3,(H,16,19). The van der Waals surface area contributed by atoms with Crippen molar-refractivity contribution >= 4 is 17.3 Å². The first kappa shape index (κ1) is 16.9. The molecule has 0 aliphatic rings. The van der Waals surface area contributed by atoms with Gasteiger partial charge in [0.1, 0.15) is 5.69 Å². The Bertz CT molecular complexity index is 539. The molecule has 0 bridgehead atoms. The number of benzene rings is 1. The molecular weight excluding hydrogens is 270 g/mol. The van der Waals surface area contributed by atoms with Gasteiger partial charge in [0.25, 0.3) is 11.6 Å². The van der Waals surface area contributed by atoms with E-state index in [2.05, 4.69) is 38.3 Å². The third kappa shape index (κ3) is 4.18. The van der Waals surface area contributed by atoms with Gasteiger partial charge in [0, 0.05) is 25.2 Å². The van der Waals surface area contributed by atoms with Crippen LogP contribution in [0, 0.1) is 21.4 Å². The maximum absolute atomic E-state index is 11.6. The summed E-state index contributed by atoms with van der Waals surface area (Å²) in [5.74, 6) is 0.0985. The van der Waals surface area contributed by atoms with E-state index < -0.39 is 4.92 Å². The molecular formula is C15H23N3O3. The summed E-state index contributed by atoms with van der Waals surface area (Å²) in [6, 6.07) is 4.46. The van der Waals surface area contributed by atoms with E-state index in [-0.39, 0.29) is 22.6 Å². The Balaban J connectivity index is 3.03. The van der Waals surface area contributed by atoms with E-state index in [1.54, 1.807) is 12.1 Å². The number of nitrogens with zero attached hydrogens (tertiary/aromatic N) is 1. The Labute approximate surface area is 125 Å². The van der Waals surface area contributed by atoms with Crippen LogP contribution in [-0.2, 0) is 0 Å². The second-order valence-corrected chi connectivity index (χ2v) is 6.06. The van der Waals surface area contributed by atoms with Gasteiger partial charge in [-0.3, -0.25) is 14.9 Å². The molecule has 6 heteroatoms. The number of hydrogen-bond acceptors (Lipinski definition) is 4. The minimum Gasteiger partial charge on any atom is -0.379 e. The molecule has 0 saturated heterocycles. The lowest BCUT2D eigenvalue weighted by Gasteiger charge is -2.29. The molecule has 0 spiro atoms. The van der Waals surface area contributed by atoms with Crippen LogP contribution in [0.15, 0.2) is 18.2 Å². The zero-order chi connectivity index (χ0) is 16.2. The van der Waals surface area contributed by atoms with E-state index in [4.69, 9.17) is 0 Å². The molecule has 0 aliphatic carbocycles. The first-order chi connectivity index (χ1) is 9.69. The number of nitro benzene ring substituents is 1. The number of rotatable bonds is 6. The van der Waals surface area contributed by atoms with Crippen molar-refractivity contribution in [3.8, 4) is 0 Å². The lowest BCUT2D eigenvalue weighted by molar-refractivity contribution is -0.384. The lowest BCUT2D eigenvalue weighted by atomic mass is 9.81. The third-order valence-electron chi connectivity index (χ3n) is 3.98. The van der Waals surface area contributed by atoms with Crippen molar-refractivity contribution in [1.82, 2.24) is 5.32 Å². The van der Waals surface area contributed by atoms with Crippen molar-refractivity contribution in [3.05, 3.63) is 33.9 Å². The molecule has 2 N–H and O–H groups in total. The van der Waals surface area contributed by atoms with Crippen LogP contribution >= 0.6 is 0 Å². The van der Waals surface area contributed by atoms with Gasteiger partial charge in [-0.1, -0.05) is 27.7 Å². The van der Waals surface area contributed by atoms with Crippen LogP contribution in [0.5, 0.6) is 0 Å². The van der Waals surface area contributed by atoms with Crippen molar-refractivity contribution in [1.29, 1.82) is 0 Å². The average Bonchev–Trinajstić information content (AvgIpc) is 2.43. The number of carbonyl (C=O) groups excluding carboxylic acids is 1. The molecule has 116 valence electrons. The summed E-state index contributed by atoms with van der Waals surface area (Å²) in [4.78, 5) is 22.3. The summed E-state index contributed by atoms with van der Waals surface area (Å²) in [5.41, 5.74) is 0.628. The molecule has 1 amide bonds. The maximum atomic E-state index is 11.6. The second-order valence-electron chi connectivity index (χ2n) is 6.06. The molecule has 1 aromatic carbocycles. The predicted molar refractivity (Wildman–Crippen MR) is 83.6 cm³/mol. The van der Waals surface area contributed by atoms with Gasteiger partial charge >= 0.3 is 0 Å². The van der Waals surface area contributed by atoms with Crippen LogP contribution in [0.25, 0.3) is 0 Å². The zero-order valence-corrected chi connectivity index (χ0v) is 13.2. The van der Waals surface area contributed by atoms with Gasteiger partial charge in [-0.2, -0.15) is 0 Å². The van der Waals surface area contributed by atoms with Crippen molar-refractivity contribution < 1.29 is 9.72 Å². The van der Waals surface area contributed by atoms with Gasteiger partial charge < -0.3 is 10.6 Å². The highest BCUT2D eigenvalue weighted by molar-refractivity contribution is 5.95. The molecule has 0 aliphatic heterocycles. The van der Waals surface area contributed by atoms with Crippen LogP contribution in [0.3, 0.4) is 0 Å². The number of carbonyl (C=O) groups is 1. The summed E-state index contributed by atoms with van der Waals surface area (Å²) in [5, 5.41) is 16.8. The summed E-state index contributed by atoms with van der Waals surface area (Å²) in [6.45, 7) is 9.06. The normalized spacial score (nSPS) is 11.3. The van der Waals surface area contributed by atoms with Gasteiger partial charge in [0.05, 0.1) is 4.92 Å². The largest absolute Gasteiger partial charge is 0.379 e. The first-order valence-electron chi connectivity index (χ1n) is 6.93. The molecule has 0 atom stereocenters. The summed E-state index contributed by atoms with van der Waals surface area (Å²) in [7, 11) is 1.49. The Morgan fingerprint density at radius 3 is 2.48 bits per heavy atom. The minimum atomic E-state index is -0.475. The summed E-state index contributed by atoms with van der Waals surface area (Å²) >= 11 is 0. The Kier molecular flexibility index (Phi) is 5.29. The van der Waals surface area contributed by atoms with E-state index >= 15 is 0 Å². The first-order valence-corrected chi connectivity index (χ1v) is 6.93. The van der Waals surface area contributed by atoms with E-state index in [9.17, 15) is 14.9 Å². The Hall–Kier alpha value is -2.11. The molecule has 0 heterocycles. The van der Waals surface area contributed by atoms with Crippen LogP contribution in [0.2, 0.25) is 0 Å². The van der Waals surface area contributed by atoms with Gasteiger partial charge in [-0.05, 0) is 23.5 Å². The SMILES string of the molecule is CNC(=O)c1ccc(NCC(C)(C)C(C)C)c([N+](=O)[O-])c1. The zero-order valence-electron chi connectivity index (χ0n) is 13.2. The highest BCUT2D eigenvalue weighted by Gasteiger charge is 2.24. The average molecular weight is 293 g/mol. The van der Waals surface area contributed by atoms with Crippen LogP contribution < -0.4 is 10.6 Å². The molecule has 0 aromatic heterocycles. The number of nitrogens with one attached hydrogen (secondary N) is 2. The van der Waals surface area contributed by atoms with Crippen LogP contribution in [0.4, 0.5) is 11.4 Å². The fourth-order valence-electron chi connectivity index (χ4n) is 1.64. The smallest absolute Gasteiger partial charge is 0.293 e. The Morgan fingerprint density at radius 2 is 2.00 bits per heavy atom. The molecule has 1 rings (SSSR count). The highest BCUT2D eigenvalue weighted by atomic mass is 16.6. The molecule has 0 fully saturated rings.